The van der Waals surface area contributed by atoms with E-state index in [1.807, 2.05) is 13.8 Å². The number of unbranched alkanes of at least 4 members (excludes halogenated alkanes) is 3. The second-order valence-corrected chi connectivity index (χ2v) is 6.34. The third-order valence-electron chi connectivity index (χ3n) is 4.20. The van der Waals surface area contributed by atoms with Crippen molar-refractivity contribution in [1.29, 1.82) is 0 Å². The van der Waals surface area contributed by atoms with Gasteiger partial charge in [0.1, 0.15) is 12.1 Å². The molecule has 6 heteroatoms. The van der Waals surface area contributed by atoms with E-state index in [4.69, 9.17) is 0 Å². The number of nitrogens with one attached hydrogen (secondary N) is 2. The van der Waals surface area contributed by atoms with Crippen molar-refractivity contribution in [2.45, 2.75) is 77.8 Å². The van der Waals surface area contributed by atoms with Crippen LogP contribution in [0.1, 0.15) is 66.2 Å². The maximum atomic E-state index is 12.5. The van der Waals surface area contributed by atoms with Crippen molar-refractivity contribution < 1.29 is 14.4 Å². The van der Waals surface area contributed by atoms with Gasteiger partial charge in [-0.2, -0.15) is 0 Å². The average molecular weight is 311 g/mol. The van der Waals surface area contributed by atoms with Crippen LogP contribution in [0, 0.1) is 0 Å². The molecule has 1 fully saturated rings. The average Bonchev–Trinajstić information content (AvgIpc) is 2.67. The number of hydrogen-bond acceptors (Lipinski definition) is 3. The summed E-state index contributed by atoms with van der Waals surface area (Å²) in [6.07, 6.45) is 5.60. The first-order valence-corrected chi connectivity index (χ1v) is 8.27. The van der Waals surface area contributed by atoms with Crippen LogP contribution in [0.4, 0.5) is 4.79 Å². The minimum atomic E-state index is -0.874. The summed E-state index contributed by atoms with van der Waals surface area (Å²) in [4.78, 5) is 37.4. The van der Waals surface area contributed by atoms with Crippen molar-refractivity contribution in [3.8, 4) is 0 Å². The molecule has 22 heavy (non-hydrogen) atoms. The molecule has 1 heterocycles. The number of nitrogens with zero attached hydrogens (tertiary/aromatic N) is 1. The third kappa shape index (κ3) is 4.71. The van der Waals surface area contributed by atoms with E-state index in [2.05, 4.69) is 17.6 Å². The number of urea groups is 1. The Kier molecular flexibility index (Phi) is 6.84. The van der Waals surface area contributed by atoms with Gasteiger partial charge in [-0.05, 0) is 26.7 Å². The fourth-order valence-corrected chi connectivity index (χ4v) is 2.53. The fraction of sp³-hybridized carbons (Fsp3) is 0.812. The zero-order chi connectivity index (χ0) is 16.8. The Balaban J connectivity index is 2.58. The molecule has 1 saturated heterocycles. The van der Waals surface area contributed by atoms with E-state index in [-0.39, 0.29) is 24.4 Å². The van der Waals surface area contributed by atoms with Gasteiger partial charge in [0.2, 0.25) is 5.91 Å². The molecule has 1 rings (SSSR count). The van der Waals surface area contributed by atoms with Crippen molar-refractivity contribution in [2.75, 3.05) is 6.54 Å². The maximum Gasteiger partial charge on any atom is 0.325 e. The molecule has 2 unspecified atom stereocenters. The van der Waals surface area contributed by atoms with E-state index in [0.29, 0.717) is 6.42 Å². The van der Waals surface area contributed by atoms with Crippen LogP contribution >= 0.6 is 0 Å². The lowest BCUT2D eigenvalue weighted by Gasteiger charge is -2.21. The first-order chi connectivity index (χ1) is 10.3. The van der Waals surface area contributed by atoms with Crippen LogP contribution in [-0.4, -0.2) is 40.9 Å². The number of carbonyl (C=O) groups excluding carboxylic acids is 3. The van der Waals surface area contributed by atoms with Gasteiger partial charge in [-0.1, -0.05) is 39.5 Å². The zero-order valence-corrected chi connectivity index (χ0v) is 14.2. The Morgan fingerprint density at radius 2 is 1.95 bits per heavy atom. The molecule has 0 aromatic carbocycles. The predicted molar refractivity (Wildman–Crippen MR) is 85.3 cm³/mol. The molecule has 0 aromatic rings. The number of amides is 4. The molecule has 126 valence electrons. The largest absolute Gasteiger partial charge is 0.352 e. The van der Waals surface area contributed by atoms with Gasteiger partial charge >= 0.3 is 6.03 Å². The Morgan fingerprint density at radius 1 is 1.27 bits per heavy atom. The van der Waals surface area contributed by atoms with Gasteiger partial charge in [0.15, 0.2) is 0 Å². The Bertz CT molecular complexity index is 425. The lowest BCUT2D eigenvalue weighted by molar-refractivity contribution is -0.135. The highest BCUT2D eigenvalue weighted by molar-refractivity contribution is 6.08. The van der Waals surface area contributed by atoms with Crippen molar-refractivity contribution in [3.63, 3.8) is 0 Å². The minimum Gasteiger partial charge on any atom is -0.352 e. The molecule has 2 atom stereocenters. The first kappa shape index (κ1) is 18.5. The predicted octanol–water partition coefficient (Wildman–Crippen LogP) is 2.18. The monoisotopic (exact) mass is 311 g/mol. The lowest BCUT2D eigenvalue weighted by atomic mass is 9.94. The Hall–Kier alpha value is -1.59. The molecule has 0 bridgehead atoms. The van der Waals surface area contributed by atoms with Gasteiger partial charge in [-0.3, -0.25) is 14.5 Å². The maximum absolute atomic E-state index is 12.5. The standard InChI is InChI=1S/C16H29N3O3/c1-5-7-8-9-10-16(4)14(21)19(15(22)18-16)11-13(20)17-12(3)6-2/h12H,5-11H2,1-4H3,(H,17,20)(H,18,22). The molecule has 1 aliphatic rings. The summed E-state index contributed by atoms with van der Waals surface area (Å²) in [5.74, 6) is -0.596. The molecule has 0 aliphatic carbocycles. The first-order valence-electron chi connectivity index (χ1n) is 8.27. The van der Waals surface area contributed by atoms with E-state index >= 15 is 0 Å². The van der Waals surface area contributed by atoms with Crippen molar-refractivity contribution >= 4 is 17.8 Å². The second-order valence-electron chi connectivity index (χ2n) is 6.34. The molecule has 6 nitrogen and oxygen atoms in total. The number of imide groups is 1. The normalized spacial score (nSPS) is 22.6. The van der Waals surface area contributed by atoms with E-state index in [0.717, 1.165) is 37.0 Å². The summed E-state index contributed by atoms with van der Waals surface area (Å²) in [7, 11) is 0. The molecule has 2 N–H and O–H groups in total. The van der Waals surface area contributed by atoms with Crippen molar-refractivity contribution in [2.24, 2.45) is 0 Å². The minimum absolute atomic E-state index is 0.0358. The van der Waals surface area contributed by atoms with Crippen LogP contribution in [0.15, 0.2) is 0 Å². The van der Waals surface area contributed by atoms with Crippen molar-refractivity contribution in [1.82, 2.24) is 15.5 Å². The molecular weight excluding hydrogens is 282 g/mol. The molecule has 0 radical (unpaired) electrons. The smallest absolute Gasteiger partial charge is 0.325 e. The lowest BCUT2D eigenvalue weighted by Crippen LogP contribution is -2.46. The zero-order valence-electron chi connectivity index (χ0n) is 14.2. The van der Waals surface area contributed by atoms with Crippen LogP contribution in [0.2, 0.25) is 0 Å². The highest BCUT2D eigenvalue weighted by atomic mass is 16.2. The van der Waals surface area contributed by atoms with Gasteiger partial charge < -0.3 is 10.6 Å². The SMILES string of the molecule is CCCCCCC1(C)NC(=O)N(CC(=O)NC(C)CC)C1=O. The van der Waals surface area contributed by atoms with Gasteiger partial charge in [0.05, 0.1) is 0 Å². The number of carbonyl (C=O) groups is 3. The van der Waals surface area contributed by atoms with Crippen LogP contribution < -0.4 is 10.6 Å². The Morgan fingerprint density at radius 3 is 2.55 bits per heavy atom. The summed E-state index contributed by atoms with van der Waals surface area (Å²) in [6.45, 7) is 7.51. The number of hydrogen-bond donors (Lipinski definition) is 2. The highest BCUT2D eigenvalue weighted by Gasteiger charge is 2.47. The van der Waals surface area contributed by atoms with E-state index < -0.39 is 11.6 Å². The van der Waals surface area contributed by atoms with Gasteiger partial charge in [-0.15, -0.1) is 0 Å². The summed E-state index contributed by atoms with van der Waals surface area (Å²) in [6, 6.07) is -0.434. The Labute approximate surface area is 133 Å². The molecular formula is C16H29N3O3. The molecule has 0 aromatic heterocycles. The molecule has 1 aliphatic heterocycles. The second kappa shape index (κ2) is 8.15. The van der Waals surface area contributed by atoms with Gasteiger partial charge in [-0.25, -0.2) is 4.79 Å². The number of rotatable bonds is 9. The van der Waals surface area contributed by atoms with Gasteiger partial charge in [0.25, 0.3) is 5.91 Å². The topological polar surface area (TPSA) is 78.5 Å². The van der Waals surface area contributed by atoms with E-state index in [9.17, 15) is 14.4 Å². The van der Waals surface area contributed by atoms with Gasteiger partial charge in [0, 0.05) is 6.04 Å². The van der Waals surface area contributed by atoms with Crippen molar-refractivity contribution in [3.05, 3.63) is 0 Å². The van der Waals surface area contributed by atoms with E-state index in [1.54, 1.807) is 6.92 Å². The summed E-state index contributed by atoms with van der Waals surface area (Å²) in [5, 5.41) is 5.51. The van der Waals surface area contributed by atoms with Crippen LogP contribution in [0.5, 0.6) is 0 Å². The van der Waals surface area contributed by atoms with Crippen LogP contribution in [-0.2, 0) is 9.59 Å². The quantitative estimate of drug-likeness (QED) is 0.506. The molecule has 0 spiro atoms. The molecule has 0 saturated carbocycles. The van der Waals surface area contributed by atoms with E-state index in [1.165, 1.54) is 0 Å². The summed E-state index contributed by atoms with van der Waals surface area (Å²) < 4.78 is 0. The third-order valence-corrected chi connectivity index (χ3v) is 4.20. The molecule has 4 amide bonds. The summed E-state index contributed by atoms with van der Waals surface area (Å²) in [5.41, 5.74) is -0.874. The van der Waals surface area contributed by atoms with Crippen LogP contribution in [0.3, 0.4) is 0 Å². The van der Waals surface area contributed by atoms with Crippen LogP contribution in [0.25, 0.3) is 0 Å². The summed E-state index contributed by atoms with van der Waals surface area (Å²) >= 11 is 0. The fourth-order valence-electron chi connectivity index (χ4n) is 2.53. The highest BCUT2D eigenvalue weighted by Crippen LogP contribution is 2.23.